The van der Waals surface area contributed by atoms with Crippen molar-refractivity contribution < 1.29 is 0 Å². The second-order valence-electron chi connectivity index (χ2n) is 5.56. The van der Waals surface area contributed by atoms with Crippen LogP contribution in [0.5, 0.6) is 0 Å². The van der Waals surface area contributed by atoms with Crippen molar-refractivity contribution in [3.05, 3.63) is 61.4 Å². The van der Waals surface area contributed by atoms with E-state index >= 15 is 0 Å². The lowest BCUT2D eigenvalue weighted by molar-refractivity contribution is 1.29. The largest absolute Gasteiger partial charge is 0.345 e. The highest BCUT2D eigenvalue weighted by molar-refractivity contribution is 5.84. The van der Waals surface area contributed by atoms with Gasteiger partial charge in [0.15, 0.2) is 0 Å². The van der Waals surface area contributed by atoms with Crippen LogP contribution in [-0.2, 0) is 0 Å². The summed E-state index contributed by atoms with van der Waals surface area (Å²) in [4.78, 5) is 23.8. The Kier molecular flexibility index (Phi) is 2.69. The molecule has 0 aliphatic heterocycles. The molecule has 5 rings (SSSR count). The highest BCUT2D eigenvalue weighted by Gasteiger charge is 2.07. The number of rotatable bonds is 2. The maximum absolute atomic E-state index is 4.74. The maximum atomic E-state index is 4.74. The summed E-state index contributed by atoms with van der Waals surface area (Å²) in [5.41, 5.74) is 7.51. The van der Waals surface area contributed by atoms with Crippen molar-refractivity contribution in [2.24, 2.45) is 0 Å². The first kappa shape index (κ1) is 13.0. The van der Waals surface area contributed by atoms with Crippen molar-refractivity contribution >= 4 is 22.1 Å². The zero-order valence-corrected chi connectivity index (χ0v) is 12.6. The summed E-state index contributed by atoms with van der Waals surface area (Å²) in [5, 5.41) is 0. The molecule has 0 atom stereocenters. The van der Waals surface area contributed by atoms with Gasteiger partial charge in [0.1, 0.15) is 0 Å². The maximum Gasteiger partial charge on any atom is 0.0931 e. The molecule has 2 aromatic carbocycles. The number of fused-ring (bicyclic) bond motifs is 2. The zero-order valence-electron chi connectivity index (χ0n) is 12.6. The van der Waals surface area contributed by atoms with E-state index in [1.807, 2.05) is 36.4 Å². The lowest BCUT2D eigenvalue weighted by Crippen LogP contribution is -1.89. The first-order valence-corrected chi connectivity index (χ1v) is 7.56. The minimum absolute atomic E-state index is 0.841. The van der Waals surface area contributed by atoms with E-state index in [0.717, 1.165) is 44.6 Å². The Morgan fingerprint density at radius 2 is 1.62 bits per heavy atom. The van der Waals surface area contributed by atoms with Gasteiger partial charge in [0.2, 0.25) is 0 Å². The van der Waals surface area contributed by atoms with Crippen LogP contribution in [0.25, 0.3) is 44.6 Å². The average molecular weight is 312 g/mol. The Labute approximate surface area is 136 Å². The monoisotopic (exact) mass is 312 g/mol. The molecule has 114 valence electrons. The first-order chi connectivity index (χ1) is 11.9. The molecule has 2 N–H and O–H groups in total. The Bertz CT molecular complexity index is 1160. The van der Waals surface area contributed by atoms with E-state index in [-0.39, 0.29) is 0 Å². The van der Waals surface area contributed by atoms with Gasteiger partial charge >= 0.3 is 0 Å². The van der Waals surface area contributed by atoms with Crippen LogP contribution in [0.3, 0.4) is 0 Å². The van der Waals surface area contributed by atoms with Crippen LogP contribution in [0.1, 0.15) is 0 Å². The normalized spacial score (nSPS) is 11.3. The third-order valence-corrected chi connectivity index (χ3v) is 4.07. The van der Waals surface area contributed by atoms with E-state index in [2.05, 4.69) is 24.9 Å². The van der Waals surface area contributed by atoms with Crippen LogP contribution in [0.4, 0.5) is 0 Å². The summed E-state index contributed by atoms with van der Waals surface area (Å²) in [5.74, 6) is 0. The van der Waals surface area contributed by atoms with E-state index in [0.29, 0.717) is 0 Å². The highest BCUT2D eigenvalue weighted by atomic mass is 14.9. The van der Waals surface area contributed by atoms with Crippen molar-refractivity contribution in [3.63, 3.8) is 0 Å². The van der Waals surface area contributed by atoms with Crippen LogP contribution < -0.4 is 0 Å². The molecule has 0 spiro atoms. The van der Waals surface area contributed by atoms with Gasteiger partial charge in [-0.3, -0.25) is 4.98 Å². The SMILES string of the molecule is c1ncc(-c2ccc3nc(-c4ccc5nc[nH]c5c4)cnc3c2)[nH]1. The van der Waals surface area contributed by atoms with Gasteiger partial charge < -0.3 is 9.97 Å². The first-order valence-electron chi connectivity index (χ1n) is 7.56. The van der Waals surface area contributed by atoms with E-state index in [1.54, 1.807) is 25.0 Å². The molecule has 24 heavy (non-hydrogen) atoms. The third kappa shape index (κ3) is 2.04. The minimum Gasteiger partial charge on any atom is -0.345 e. The molecule has 6 nitrogen and oxygen atoms in total. The van der Waals surface area contributed by atoms with Gasteiger partial charge in [-0.1, -0.05) is 12.1 Å². The summed E-state index contributed by atoms with van der Waals surface area (Å²) >= 11 is 0. The molecule has 0 saturated heterocycles. The molecular weight excluding hydrogens is 300 g/mol. The molecular formula is C18H12N6. The molecule has 3 heterocycles. The van der Waals surface area contributed by atoms with E-state index in [4.69, 9.17) is 4.98 Å². The Morgan fingerprint density at radius 1 is 0.708 bits per heavy atom. The fourth-order valence-electron chi connectivity index (χ4n) is 2.83. The van der Waals surface area contributed by atoms with Crippen molar-refractivity contribution in [2.75, 3.05) is 0 Å². The van der Waals surface area contributed by atoms with E-state index in [1.165, 1.54) is 0 Å². The topological polar surface area (TPSA) is 83.1 Å². The third-order valence-electron chi connectivity index (χ3n) is 4.07. The van der Waals surface area contributed by atoms with Crippen LogP contribution in [0, 0.1) is 0 Å². The smallest absolute Gasteiger partial charge is 0.0931 e. The van der Waals surface area contributed by atoms with Gasteiger partial charge in [0.05, 0.1) is 58.5 Å². The molecule has 0 fully saturated rings. The standard InChI is InChI=1S/C18H12N6/c1-3-13-15(23-10-22-13)6-12(1)18-8-20-16-5-11(2-4-14(16)24-18)17-7-19-9-21-17/h1-10H,(H,19,21)(H,22,23). The average Bonchev–Trinajstić information content (AvgIpc) is 3.31. The van der Waals surface area contributed by atoms with Crippen LogP contribution in [-0.4, -0.2) is 29.9 Å². The molecule has 0 radical (unpaired) electrons. The summed E-state index contributed by atoms with van der Waals surface area (Å²) < 4.78 is 0. The fraction of sp³-hybridized carbons (Fsp3) is 0. The van der Waals surface area contributed by atoms with Gasteiger partial charge in [0, 0.05) is 11.1 Å². The van der Waals surface area contributed by atoms with Crippen LogP contribution in [0.15, 0.2) is 61.4 Å². The molecule has 6 heteroatoms. The van der Waals surface area contributed by atoms with E-state index < -0.39 is 0 Å². The zero-order chi connectivity index (χ0) is 15.9. The molecule has 0 bridgehead atoms. The number of benzene rings is 2. The van der Waals surface area contributed by atoms with Crippen molar-refractivity contribution in [1.29, 1.82) is 0 Å². The van der Waals surface area contributed by atoms with Gasteiger partial charge in [0.25, 0.3) is 0 Å². The van der Waals surface area contributed by atoms with Crippen molar-refractivity contribution in [2.45, 2.75) is 0 Å². The van der Waals surface area contributed by atoms with E-state index in [9.17, 15) is 0 Å². The van der Waals surface area contributed by atoms with Gasteiger partial charge in [-0.25, -0.2) is 15.0 Å². The summed E-state index contributed by atoms with van der Waals surface area (Å²) in [6.07, 6.45) is 6.95. The van der Waals surface area contributed by atoms with Crippen LogP contribution >= 0.6 is 0 Å². The molecule has 0 unspecified atom stereocenters. The second kappa shape index (κ2) is 4.99. The number of imidazole rings is 2. The summed E-state index contributed by atoms with van der Waals surface area (Å²) in [6, 6.07) is 12.0. The van der Waals surface area contributed by atoms with Crippen molar-refractivity contribution in [1.82, 2.24) is 29.9 Å². The van der Waals surface area contributed by atoms with Gasteiger partial charge in [-0.2, -0.15) is 0 Å². The molecule has 0 amide bonds. The number of H-pyrrole nitrogens is 2. The van der Waals surface area contributed by atoms with Gasteiger partial charge in [-0.15, -0.1) is 0 Å². The quantitative estimate of drug-likeness (QED) is 0.522. The number of nitrogens with zero attached hydrogens (tertiary/aromatic N) is 4. The fourth-order valence-corrected chi connectivity index (χ4v) is 2.83. The Morgan fingerprint density at radius 3 is 2.54 bits per heavy atom. The molecule has 0 saturated carbocycles. The number of hydrogen-bond donors (Lipinski definition) is 2. The number of hydrogen-bond acceptors (Lipinski definition) is 4. The predicted octanol–water partition coefficient (Wildman–Crippen LogP) is 3.56. The second-order valence-corrected chi connectivity index (χ2v) is 5.56. The Balaban J connectivity index is 1.61. The molecule has 0 aliphatic rings. The summed E-state index contributed by atoms with van der Waals surface area (Å²) in [6.45, 7) is 0. The predicted molar refractivity (Wildman–Crippen MR) is 92.2 cm³/mol. The number of aromatic amines is 2. The van der Waals surface area contributed by atoms with Crippen molar-refractivity contribution in [3.8, 4) is 22.5 Å². The molecule has 5 aromatic rings. The molecule has 0 aliphatic carbocycles. The minimum atomic E-state index is 0.841. The number of nitrogens with one attached hydrogen (secondary N) is 2. The van der Waals surface area contributed by atoms with Crippen LogP contribution in [0.2, 0.25) is 0 Å². The lowest BCUT2D eigenvalue weighted by atomic mass is 10.1. The Hall–Kier alpha value is -3.54. The number of aromatic nitrogens is 6. The highest BCUT2D eigenvalue weighted by Crippen LogP contribution is 2.25. The lowest BCUT2D eigenvalue weighted by Gasteiger charge is -2.04. The summed E-state index contributed by atoms with van der Waals surface area (Å²) in [7, 11) is 0. The van der Waals surface area contributed by atoms with Gasteiger partial charge in [-0.05, 0) is 24.3 Å². The molecule has 3 aromatic heterocycles.